The molecule has 0 unspecified atom stereocenters. The second kappa shape index (κ2) is 6.12. The van der Waals surface area contributed by atoms with E-state index in [9.17, 15) is 4.79 Å². The third-order valence-corrected chi connectivity index (χ3v) is 4.11. The maximum atomic E-state index is 11.7. The molecule has 0 fully saturated rings. The van der Waals surface area contributed by atoms with E-state index in [0.29, 0.717) is 16.1 Å². The molecule has 98 valence electrons. The van der Waals surface area contributed by atoms with Crippen LogP contribution < -0.4 is 5.73 Å². The van der Waals surface area contributed by atoms with Gasteiger partial charge in [-0.25, -0.2) is 4.79 Å². The van der Waals surface area contributed by atoms with E-state index in [1.54, 1.807) is 18.2 Å². The van der Waals surface area contributed by atoms with Crippen molar-refractivity contribution in [3.8, 4) is 0 Å². The van der Waals surface area contributed by atoms with Crippen molar-refractivity contribution < 1.29 is 9.53 Å². The Hall–Kier alpha value is -1.46. The van der Waals surface area contributed by atoms with Crippen LogP contribution in [0.2, 0.25) is 0 Å². The van der Waals surface area contributed by atoms with Gasteiger partial charge in [0.15, 0.2) is 0 Å². The predicted molar refractivity (Wildman–Crippen MR) is 80.5 cm³/mol. The quantitative estimate of drug-likeness (QED) is 0.680. The monoisotopic (exact) mass is 337 g/mol. The molecular formula is C14H12BrNO2S. The van der Waals surface area contributed by atoms with Crippen molar-refractivity contribution >= 4 is 39.3 Å². The molecule has 2 aromatic carbocycles. The molecule has 0 bridgehead atoms. The van der Waals surface area contributed by atoms with Crippen LogP contribution >= 0.6 is 27.7 Å². The van der Waals surface area contributed by atoms with Crippen molar-refractivity contribution in [3.05, 3.63) is 52.5 Å². The number of nitrogen functional groups attached to an aromatic ring is 1. The standard InChI is InChI=1S/C14H12BrNO2S/c1-18-14(17)11-6-3-7-12(16)13(11)19-10-5-2-4-9(15)8-10/h2-8H,16H2,1H3. The zero-order valence-corrected chi connectivity index (χ0v) is 12.6. The van der Waals surface area contributed by atoms with E-state index in [-0.39, 0.29) is 5.97 Å². The van der Waals surface area contributed by atoms with Crippen molar-refractivity contribution in [3.63, 3.8) is 0 Å². The Morgan fingerprint density at radius 2 is 2.00 bits per heavy atom. The fourth-order valence-electron chi connectivity index (χ4n) is 1.59. The molecule has 0 amide bonds. The van der Waals surface area contributed by atoms with Crippen LogP contribution in [0.1, 0.15) is 10.4 Å². The van der Waals surface area contributed by atoms with E-state index in [1.807, 2.05) is 24.3 Å². The van der Waals surface area contributed by atoms with E-state index in [0.717, 1.165) is 9.37 Å². The fourth-order valence-corrected chi connectivity index (χ4v) is 3.15. The summed E-state index contributed by atoms with van der Waals surface area (Å²) in [6, 6.07) is 13.0. The number of ether oxygens (including phenoxy) is 1. The van der Waals surface area contributed by atoms with Crippen LogP contribution in [-0.2, 0) is 4.74 Å². The Labute approximate surface area is 124 Å². The second-order valence-corrected chi connectivity index (χ2v) is 5.77. The molecule has 3 nitrogen and oxygen atoms in total. The molecule has 2 N–H and O–H groups in total. The summed E-state index contributed by atoms with van der Waals surface area (Å²) >= 11 is 4.86. The van der Waals surface area contributed by atoms with Gasteiger partial charge >= 0.3 is 5.97 Å². The molecule has 2 aromatic rings. The van der Waals surface area contributed by atoms with Crippen molar-refractivity contribution in [2.45, 2.75) is 9.79 Å². The topological polar surface area (TPSA) is 52.3 Å². The highest BCUT2D eigenvalue weighted by atomic mass is 79.9. The summed E-state index contributed by atoms with van der Waals surface area (Å²) in [5.74, 6) is -0.384. The lowest BCUT2D eigenvalue weighted by Gasteiger charge is -2.10. The van der Waals surface area contributed by atoms with E-state index in [2.05, 4.69) is 15.9 Å². The first-order valence-corrected chi connectivity index (χ1v) is 7.13. The van der Waals surface area contributed by atoms with Crippen LogP contribution in [0.4, 0.5) is 5.69 Å². The summed E-state index contributed by atoms with van der Waals surface area (Å²) in [6.07, 6.45) is 0. The number of rotatable bonds is 3. The minimum Gasteiger partial charge on any atom is -0.465 e. The lowest BCUT2D eigenvalue weighted by molar-refractivity contribution is 0.0597. The van der Waals surface area contributed by atoms with Gasteiger partial charge in [0.05, 0.1) is 12.7 Å². The zero-order chi connectivity index (χ0) is 13.8. The van der Waals surface area contributed by atoms with Crippen molar-refractivity contribution in [1.82, 2.24) is 0 Å². The number of nitrogens with two attached hydrogens (primary N) is 1. The molecule has 0 atom stereocenters. The molecule has 5 heteroatoms. The molecular weight excluding hydrogens is 326 g/mol. The van der Waals surface area contributed by atoms with E-state index < -0.39 is 0 Å². The van der Waals surface area contributed by atoms with Crippen molar-refractivity contribution in [2.75, 3.05) is 12.8 Å². The largest absolute Gasteiger partial charge is 0.465 e. The second-order valence-electron chi connectivity index (χ2n) is 3.77. The van der Waals surface area contributed by atoms with E-state index >= 15 is 0 Å². The van der Waals surface area contributed by atoms with Crippen LogP contribution in [0.15, 0.2) is 56.7 Å². The SMILES string of the molecule is COC(=O)c1cccc(N)c1Sc1cccc(Br)c1. The predicted octanol–water partition coefficient (Wildman–Crippen LogP) is 3.97. The van der Waals surface area contributed by atoms with Gasteiger partial charge in [0, 0.05) is 20.0 Å². The smallest absolute Gasteiger partial charge is 0.339 e. The summed E-state index contributed by atoms with van der Waals surface area (Å²) in [5, 5.41) is 0. The number of benzene rings is 2. The van der Waals surface area contributed by atoms with Gasteiger partial charge in [-0.2, -0.15) is 0 Å². The summed E-state index contributed by atoms with van der Waals surface area (Å²) < 4.78 is 5.75. The van der Waals surface area contributed by atoms with Gasteiger partial charge in [0.1, 0.15) is 0 Å². The molecule has 0 aliphatic carbocycles. The highest BCUT2D eigenvalue weighted by Crippen LogP contribution is 2.36. The molecule has 0 saturated carbocycles. The van der Waals surface area contributed by atoms with Crippen molar-refractivity contribution in [1.29, 1.82) is 0 Å². The maximum absolute atomic E-state index is 11.7. The van der Waals surface area contributed by atoms with Gasteiger partial charge in [-0.3, -0.25) is 0 Å². The Morgan fingerprint density at radius 3 is 2.68 bits per heavy atom. The first-order chi connectivity index (χ1) is 9.11. The van der Waals surface area contributed by atoms with Gasteiger partial charge in [-0.1, -0.05) is 39.8 Å². The molecule has 0 radical (unpaired) electrons. The molecule has 0 spiro atoms. The number of halogens is 1. The van der Waals surface area contributed by atoms with Crippen LogP contribution in [0.25, 0.3) is 0 Å². The number of carbonyl (C=O) groups is 1. The Bertz CT molecular complexity index is 616. The average Bonchev–Trinajstić information content (AvgIpc) is 2.40. The number of hydrogen-bond acceptors (Lipinski definition) is 4. The lowest BCUT2D eigenvalue weighted by atomic mass is 10.2. The van der Waals surface area contributed by atoms with Crippen LogP contribution in [0.5, 0.6) is 0 Å². The fraction of sp³-hybridized carbons (Fsp3) is 0.0714. The van der Waals surface area contributed by atoms with Gasteiger partial charge in [0.25, 0.3) is 0 Å². The third-order valence-electron chi connectivity index (χ3n) is 2.47. The molecule has 0 saturated heterocycles. The average molecular weight is 338 g/mol. The zero-order valence-electron chi connectivity index (χ0n) is 10.2. The summed E-state index contributed by atoms with van der Waals surface area (Å²) in [7, 11) is 1.36. The Balaban J connectivity index is 2.41. The van der Waals surface area contributed by atoms with Gasteiger partial charge in [0.2, 0.25) is 0 Å². The maximum Gasteiger partial charge on any atom is 0.339 e. The van der Waals surface area contributed by atoms with Gasteiger partial charge in [-0.05, 0) is 30.3 Å². The number of methoxy groups -OCH3 is 1. The van der Waals surface area contributed by atoms with Crippen molar-refractivity contribution in [2.24, 2.45) is 0 Å². The Morgan fingerprint density at radius 1 is 1.26 bits per heavy atom. The molecule has 2 rings (SSSR count). The van der Waals surface area contributed by atoms with E-state index in [4.69, 9.17) is 10.5 Å². The summed E-state index contributed by atoms with van der Waals surface area (Å²) in [5.41, 5.74) is 7.00. The highest BCUT2D eigenvalue weighted by molar-refractivity contribution is 9.10. The van der Waals surface area contributed by atoms with Crippen LogP contribution in [0.3, 0.4) is 0 Å². The minimum absolute atomic E-state index is 0.384. The molecule has 19 heavy (non-hydrogen) atoms. The first-order valence-electron chi connectivity index (χ1n) is 5.52. The molecule has 0 heterocycles. The Kier molecular flexibility index (Phi) is 4.50. The number of anilines is 1. The van der Waals surface area contributed by atoms with Gasteiger partial charge in [-0.15, -0.1) is 0 Å². The van der Waals surface area contributed by atoms with Crippen LogP contribution in [0, 0.1) is 0 Å². The number of carbonyl (C=O) groups excluding carboxylic acids is 1. The molecule has 0 aromatic heterocycles. The van der Waals surface area contributed by atoms with Crippen LogP contribution in [-0.4, -0.2) is 13.1 Å². The summed E-state index contributed by atoms with van der Waals surface area (Å²) in [6.45, 7) is 0. The van der Waals surface area contributed by atoms with Gasteiger partial charge < -0.3 is 10.5 Å². The number of esters is 1. The molecule has 0 aliphatic rings. The lowest BCUT2D eigenvalue weighted by Crippen LogP contribution is -2.04. The third kappa shape index (κ3) is 3.30. The normalized spacial score (nSPS) is 10.2. The summed E-state index contributed by atoms with van der Waals surface area (Å²) in [4.78, 5) is 13.5. The van der Waals surface area contributed by atoms with E-state index in [1.165, 1.54) is 18.9 Å². The minimum atomic E-state index is -0.384. The first kappa shape index (κ1) is 14.0. The highest BCUT2D eigenvalue weighted by Gasteiger charge is 2.15. The number of hydrogen-bond donors (Lipinski definition) is 1. The molecule has 0 aliphatic heterocycles.